The van der Waals surface area contributed by atoms with E-state index in [1.807, 2.05) is 19.1 Å². The number of benzene rings is 1. The fourth-order valence-corrected chi connectivity index (χ4v) is 4.27. The Bertz CT molecular complexity index is 461. The molecule has 0 heterocycles. The third-order valence-electron chi connectivity index (χ3n) is 2.36. The molecule has 0 amide bonds. The van der Waals surface area contributed by atoms with Gasteiger partial charge in [0.15, 0.2) is 9.84 Å². The molecule has 76 valence electrons. The summed E-state index contributed by atoms with van der Waals surface area (Å²) in [4.78, 5) is 0.436. The van der Waals surface area contributed by atoms with Gasteiger partial charge < -0.3 is 0 Å². The van der Waals surface area contributed by atoms with Crippen LogP contribution in [0.2, 0.25) is 0 Å². The van der Waals surface area contributed by atoms with Crippen LogP contribution in [-0.4, -0.2) is 13.7 Å². The molecule has 1 aliphatic carbocycles. The van der Waals surface area contributed by atoms with Crippen molar-refractivity contribution in [1.29, 1.82) is 0 Å². The summed E-state index contributed by atoms with van der Waals surface area (Å²) in [5.74, 6) is 0. The first-order valence-corrected chi connectivity index (χ1v) is 6.86. The standard InChI is InChI=1S/C10H11BrO2S/c1-7-2-5-10(9(11)6-7)14(12,13)8-3-4-8/h2,5-6,8H,3-4H2,1H3. The molecule has 4 heteroatoms. The Hall–Kier alpha value is -0.350. The van der Waals surface area contributed by atoms with Crippen molar-refractivity contribution in [2.45, 2.75) is 29.9 Å². The third-order valence-corrected chi connectivity index (χ3v) is 5.59. The van der Waals surface area contributed by atoms with Crippen molar-refractivity contribution in [2.75, 3.05) is 0 Å². The molecular formula is C10H11BrO2S. The van der Waals surface area contributed by atoms with E-state index in [9.17, 15) is 8.42 Å². The fourth-order valence-electron chi connectivity index (χ4n) is 1.39. The van der Waals surface area contributed by atoms with Crippen LogP contribution >= 0.6 is 15.9 Å². The summed E-state index contributed by atoms with van der Waals surface area (Å²) in [6.45, 7) is 1.94. The highest BCUT2D eigenvalue weighted by molar-refractivity contribution is 9.10. The van der Waals surface area contributed by atoms with Crippen LogP contribution in [0.4, 0.5) is 0 Å². The van der Waals surface area contributed by atoms with Gasteiger partial charge in [0.1, 0.15) is 0 Å². The summed E-state index contributed by atoms with van der Waals surface area (Å²) in [6, 6.07) is 5.36. The fraction of sp³-hybridized carbons (Fsp3) is 0.400. The molecule has 0 radical (unpaired) electrons. The molecule has 0 N–H and O–H groups in total. The predicted molar refractivity (Wildman–Crippen MR) is 59.1 cm³/mol. The molecule has 0 bridgehead atoms. The minimum atomic E-state index is -3.06. The lowest BCUT2D eigenvalue weighted by Gasteiger charge is -2.05. The monoisotopic (exact) mass is 274 g/mol. The van der Waals surface area contributed by atoms with E-state index in [0.29, 0.717) is 9.37 Å². The molecule has 1 fully saturated rings. The highest BCUT2D eigenvalue weighted by Gasteiger charge is 2.37. The Morgan fingerprint density at radius 3 is 2.50 bits per heavy atom. The van der Waals surface area contributed by atoms with Crippen molar-refractivity contribution in [2.24, 2.45) is 0 Å². The summed E-state index contributed by atoms with van der Waals surface area (Å²) >= 11 is 3.30. The van der Waals surface area contributed by atoms with E-state index in [2.05, 4.69) is 15.9 Å². The van der Waals surface area contributed by atoms with Crippen LogP contribution in [0, 0.1) is 6.92 Å². The quantitative estimate of drug-likeness (QED) is 0.831. The molecular weight excluding hydrogens is 264 g/mol. The number of hydrogen-bond acceptors (Lipinski definition) is 2. The zero-order valence-electron chi connectivity index (χ0n) is 7.83. The van der Waals surface area contributed by atoms with Crippen LogP contribution in [0.3, 0.4) is 0 Å². The molecule has 0 spiro atoms. The molecule has 1 aliphatic rings. The Morgan fingerprint density at radius 2 is 2.00 bits per heavy atom. The topological polar surface area (TPSA) is 34.1 Å². The smallest absolute Gasteiger partial charge is 0.182 e. The van der Waals surface area contributed by atoms with Gasteiger partial charge in [0.2, 0.25) is 0 Å². The van der Waals surface area contributed by atoms with Gasteiger partial charge in [0, 0.05) is 4.47 Å². The van der Waals surface area contributed by atoms with Gasteiger partial charge in [-0.25, -0.2) is 8.42 Å². The number of aryl methyl sites for hydroxylation is 1. The lowest BCUT2D eigenvalue weighted by Crippen LogP contribution is -2.07. The lowest BCUT2D eigenvalue weighted by atomic mass is 10.2. The molecule has 0 aliphatic heterocycles. The molecule has 1 aromatic rings. The second-order valence-corrected chi connectivity index (χ2v) is 6.73. The first kappa shape index (κ1) is 10.2. The van der Waals surface area contributed by atoms with Gasteiger partial charge >= 0.3 is 0 Å². The van der Waals surface area contributed by atoms with E-state index in [0.717, 1.165) is 18.4 Å². The Kier molecular flexibility index (Phi) is 2.43. The number of rotatable bonds is 2. The molecule has 0 atom stereocenters. The van der Waals surface area contributed by atoms with E-state index < -0.39 is 9.84 Å². The maximum Gasteiger partial charge on any atom is 0.182 e. The van der Waals surface area contributed by atoms with Crippen molar-refractivity contribution in [3.05, 3.63) is 28.2 Å². The third kappa shape index (κ3) is 1.73. The number of halogens is 1. The Labute approximate surface area is 92.4 Å². The van der Waals surface area contributed by atoms with Crippen LogP contribution in [0.5, 0.6) is 0 Å². The molecule has 1 aromatic carbocycles. The van der Waals surface area contributed by atoms with Crippen LogP contribution in [-0.2, 0) is 9.84 Å². The van der Waals surface area contributed by atoms with E-state index in [1.54, 1.807) is 6.07 Å². The minimum Gasteiger partial charge on any atom is -0.223 e. The van der Waals surface area contributed by atoms with Crippen molar-refractivity contribution in [1.82, 2.24) is 0 Å². The summed E-state index contributed by atoms with van der Waals surface area (Å²) in [6.07, 6.45) is 1.62. The second-order valence-electron chi connectivity index (χ2n) is 3.68. The van der Waals surface area contributed by atoms with Crippen LogP contribution in [0.15, 0.2) is 27.6 Å². The first-order chi connectivity index (χ1) is 6.51. The summed E-state index contributed by atoms with van der Waals surface area (Å²) in [7, 11) is -3.06. The predicted octanol–water partition coefficient (Wildman–Crippen LogP) is 2.69. The Balaban J connectivity index is 2.51. The van der Waals surface area contributed by atoms with Gasteiger partial charge in [-0.3, -0.25) is 0 Å². The van der Waals surface area contributed by atoms with Gasteiger partial charge in [-0.05, 0) is 53.4 Å². The largest absolute Gasteiger partial charge is 0.223 e. The summed E-state index contributed by atoms with van der Waals surface area (Å²) in [5, 5.41) is -0.137. The molecule has 1 saturated carbocycles. The average Bonchev–Trinajstić information content (AvgIpc) is 2.84. The van der Waals surface area contributed by atoms with Crippen LogP contribution in [0.25, 0.3) is 0 Å². The molecule has 0 unspecified atom stereocenters. The van der Waals surface area contributed by atoms with E-state index >= 15 is 0 Å². The minimum absolute atomic E-state index is 0.137. The second kappa shape index (κ2) is 3.35. The maximum absolute atomic E-state index is 11.9. The van der Waals surface area contributed by atoms with Crippen molar-refractivity contribution < 1.29 is 8.42 Å². The van der Waals surface area contributed by atoms with Crippen LogP contribution < -0.4 is 0 Å². The molecule has 2 nitrogen and oxygen atoms in total. The van der Waals surface area contributed by atoms with Crippen molar-refractivity contribution in [3.63, 3.8) is 0 Å². The maximum atomic E-state index is 11.9. The van der Waals surface area contributed by atoms with Gasteiger partial charge in [-0.1, -0.05) is 6.07 Å². The zero-order chi connectivity index (χ0) is 10.3. The molecule has 0 aromatic heterocycles. The first-order valence-electron chi connectivity index (χ1n) is 4.52. The lowest BCUT2D eigenvalue weighted by molar-refractivity contribution is 0.594. The van der Waals surface area contributed by atoms with E-state index in [4.69, 9.17) is 0 Å². The summed E-state index contributed by atoms with van der Waals surface area (Å²) in [5.41, 5.74) is 1.06. The number of hydrogen-bond donors (Lipinski definition) is 0. The van der Waals surface area contributed by atoms with Crippen LogP contribution in [0.1, 0.15) is 18.4 Å². The number of sulfone groups is 1. The molecule has 14 heavy (non-hydrogen) atoms. The van der Waals surface area contributed by atoms with E-state index in [-0.39, 0.29) is 5.25 Å². The van der Waals surface area contributed by atoms with Gasteiger partial charge in [0.25, 0.3) is 0 Å². The normalized spacial score (nSPS) is 17.0. The summed E-state index contributed by atoms with van der Waals surface area (Å²) < 4.78 is 24.5. The zero-order valence-corrected chi connectivity index (χ0v) is 10.2. The van der Waals surface area contributed by atoms with Crippen molar-refractivity contribution in [3.8, 4) is 0 Å². The van der Waals surface area contributed by atoms with Gasteiger partial charge in [-0.15, -0.1) is 0 Å². The van der Waals surface area contributed by atoms with Gasteiger partial charge in [-0.2, -0.15) is 0 Å². The SMILES string of the molecule is Cc1ccc(S(=O)(=O)C2CC2)c(Br)c1. The highest BCUT2D eigenvalue weighted by Crippen LogP contribution is 2.36. The highest BCUT2D eigenvalue weighted by atomic mass is 79.9. The Morgan fingerprint density at radius 1 is 1.36 bits per heavy atom. The van der Waals surface area contributed by atoms with Gasteiger partial charge in [0.05, 0.1) is 10.1 Å². The van der Waals surface area contributed by atoms with Crippen molar-refractivity contribution >= 4 is 25.8 Å². The molecule has 0 saturated heterocycles. The van der Waals surface area contributed by atoms with E-state index in [1.165, 1.54) is 0 Å². The molecule has 2 rings (SSSR count). The average molecular weight is 275 g/mol.